The Hall–Kier alpha value is -0.920. The van der Waals surface area contributed by atoms with Crippen molar-refractivity contribution >= 4 is 10.0 Å². The fraction of sp³-hybridized carbons (Fsp3) is 0.727. The average Bonchev–Trinajstić information content (AvgIpc) is 2.87. The highest BCUT2D eigenvalue weighted by Crippen LogP contribution is 2.32. The molecule has 0 bridgehead atoms. The number of H-pyrrole nitrogens is 1. The maximum Gasteiger partial charge on any atom is 0.260 e. The highest BCUT2D eigenvalue weighted by molar-refractivity contribution is 7.89. The molecule has 1 aromatic heterocycles. The molecule has 2 heterocycles. The molecular weight excluding hydrogens is 252 g/mol. The van der Waals surface area contributed by atoms with E-state index in [9.17, 15) is 8.42 Å². The van der Waals surface area contributed by atoms with Crippen LogP contribution < -0.4 is 5.32 Å². The van der Waals surface area contributed by atoms with Crippen LogP contribution in [0.4, 0.5) is 0 Å². The van der Waals surface area contributed by atoms with E-state index in [0.29, 0.717) is 12.6 Å². The molecule has 2 fully saturated rings. The van der Waals surface area contributed by atoms with Crippen LogP contribution in [0.1, 0.15) is 25.7 Å². The quantitative estimate of drug-likeness (QED) is 0.807. The Labute approximate surface area is 107 Å². The first-order valence-corrected chi connectivity index (χ1v) is 7.86. The molecule has 1 saturated carbocycles. The number of nitrogens with zero attached hydrogens (tertiary/aromatic N) is 2. The van der Waals surface area contributed by atoms with Gasteiger partial charge in [0.05, 0.1) is 6.20 Å². The highest BCUT2D eigenvalue weighted by Gasteiger charge is 2.40. The molecule has 1 aliphatic carbocycles. The van der Waals surface area contributed by atoms with Crippen molar-refractivity contribution in [3.63, 3.8) is 0 Å². The van der Waals surface area contributed by atoms with Crippen LogP contribution in [0.25, 0.3) is 0 Å². The summed E-state index contributed by atoms with van der Waals surface area (Å²) in [5.74, 6) is 0. The zero-order valence-electron chi connectivity index (χ0n) is 10.2. The lowest BCUT2D eigenvalue weighted by atomic mass is 10.2. The van der Waals surface area contributed by atoms with Gasteiger partial charge in [0.15, 0.2) is 5.03 Å². The van der Waals surface area contributed by atoms with Crippen molar-refractivity contribution in [2.45, 2.75) is 42.8 Å². The van der Waals surface area contributed by atoms with Gasteiger partial charge in [-0.2, -0.15) is 9.40 Å². The van der Waals surface area contributed by atoms with Crippen molar-refractivity contribution in [1.29, 1.82) is 0 Å². The molecule has 1 aromatic rings. The number of aromatic amines is 1. The predicted molar refractivity (Wildman–Crippen MR) is 66.5 cm³/mol. The number of rotatable bonds is 5. The first-order valence-electron chi connectivity index (χ1n) is 6.42. The normalized spacial score (nSPS) is 24.8. The zero-order valence-corrected chi connectivity index (χ0v) is 11.0. The molecule has 1 unspecified atom stereocenters. The Balaban J connectivity index is 1.80. The van der Waals surface area contributed by atoms with Gasteiger partial charge in [-0.15, -0.1) is 0 Å². The fourth-order valence-corrected chi connectivity index (χ4v) is 4.08. The largest absolute Gasteiger partial charge is 0.313 e. The lowest BCUT2D eigenvalue weighted by Crippen LogP contribution is -2.42. The third-order valence-electron chi connectivity index (χ3n) is 3.58. The molecule has 0 amide bonds. The first-order chi connectivity index (χ1) is 8.68. The van der Waals surface area contributed by atoms with Gasteiger partial charge in [-0.3, -0.25) is 5.10 Å². The zero-order chi connectivity index (χ0) is 12.6. The van der Waals surface area contributed by atoms with E-state index in [4.69, 9.17) is 0 Å². The lowest BCUT2D eigenvalue weighted by Gasteiger charge is -2.24. The Kier molecular flexibility index (Phi) is 3.13. The summed E-state index contributed by atoms with van der Waals surface area (Å²) >= 11 is 0. The third-order valence-corrected chi connectivity index (χ3v) is 5.43. The SMILES string of the molecule is O=S(=O)(c1ccn[nH]1)N(CC1CCCN1)C1CC1. The van der Waals surface area contributed by atoms with E-state index in [1.807, 2.05) is 0 Å². The molecule has 2 N–H and O–H groups in total. The second kappa shape index (κ2) is 4.64. The van der Waals surface area contributed by atoms with Gasteiger partial charge in [0.1, 0.15) is 0 Å². The molecule has 0 spiro atoms. The number of nitrogens with one attached hydrogen (secondary N) is 2. The minimum absolute atomic E-state index is 0.181. The van der Waals surface area contributed by atoms with Gasteiger partial charge in [-0.05, 0) is 38.3 Å². The molecule has 2 aliphatic rings. The van der Waals surface area contributed by atoms with E-state index in [0.717, 1.165) is 32.2 Å². The molecule has 100 valence electrons. The second-order valence-corrected chi connectivity index (χ2v) is 6.88. The molecule has 0 aromatic carbocycles. The third kappa shape index (κ3) is 2.30. The van der Waals surface area contributed by atoms with E-state index in [1.54, 1.807) is 4.31 Å². The van der Waals surface area contributed by atoms with E-state index in [1.165, 1.54) is 12.3 Å². The van der Waals surface area contributed by atoms with Gasteiger partial charge in [-0.25, -0.2) is 8.42 Å². The van der Waals surface area contributed by atoms with E-state index in [-0.39, 0.29) is 11.1 Å². The van der Waals surface area contributed by atoms with Crippen LogP contribution in [0.2, 0.25) is 0 Å². The van der Waals surface area contributed by atoms with E-state index < -0.39 is 10.0 Å². The van der Waals surface area contributed by atoms with E-state index in [2.05, 4.69) is 15.5 Å². The summed E-state index contributed by atoms with van der Waals surface area (Å²) in [6.07, 6.45) is 5.61. The number of hydrogen-bond donors (Lipinski definition) is 2. The van der Waals surface area contributed by atoms with Crippen molar-refractivity contribution in [1.82, 2.24) is 19.8 Å². The second-order valence-electron chi connectivity index (χ2n) is 5.02. The topological polar surface area (TPSA) is 78.1 Å². The minimum Gasteiger partial charge on any atom is -0.313 e. The lowest BCUT2D eigenvalue weighted by molar-refractivity contribution is 0.361. The first kappa shape index (κ1) is 12.1. The van der Waals surface area contributed by atoms with Crippen molar-refractivity contribution in [2.24, 2.45) is 0 Å². The molecule has 18 heavy (non-hydrogen) atoms. The van der Waals surface area contributed by atoms with Crippen molar-refractivity contribution < 1.29 is 8.42 Å². The van der Waals surface area contributed by atoms with E-state index >= 15 is 0 Å². The number of aromatic nitrogens is 2. The van der Waals surface area contributed by atoms with Crippen LogP contribution in [-0.4, -0.2) is 48.1 Å². The summed E-state index contributed by atoms with van der Waals surface area (Å²) in [5, 5.41) is 9.86. The molecule has 1 saturated heterocycles. The highest BCUT2D eigenvalue weighted by atomic mass is 32.2. The summed E-state index contributed by atoms with van der Waals surface area (Å²) in [5.41, 5.74) is 0. The molecule has 1 aliphatic heterocycles. The Morgan fingerprint density at radius 3 is 2.78 bits per heavy atom. The van der Waals surface area contributed by atoms with Gasteiger partial charge in [0.25, 0.3) is 10.0 Å². The molecular formula is C11H18N4O2S. The number of sulfonamides is 1. The van der Waals surface area contributed by atoms with Gasteiger partial charge < -0.3 is 5.32 Å². The predicted octanol–water partition coefficient (Wildman–Crippen LogP) is 0.315. The summed E-state index contributed by atoms with van der Waals surface area (Å²) < 4.78 is 26.6. The average molecular weight is 270 g/mol. The molecule has 0 radical (unpaired) electrons. The Morgan fingerprint density at radius 2 is 2.22 bits per heavy atom. The molecule has 3 rings (SSSR count). The molecule has 6 nitrogen and oxygen atoms in total. The Morgan fingerprint density at radius 1 is 1.39 bits per heavy atom. The fourth-order valence-electron chi connectivity index (χ4n) is 2.45. The number of hydrogen-bond acceptors (Lipinski definition) is 4. The van der Waals surface area contributed by atoms with Crippen molar-refractivity contribution in [3.05, 3.63) is 12.3 Å². The van der Waals surface area contributed by atoms with Crippen LogP contribution in [0, 0.1) is 0 Å². The Bertz CT molecular complexity index is 489. The van der Waals surface area contributed by atoms with Crippen molar-refractivity contribution in [3.8, 4) is 0 Å². The summed E-state index contributed by atoms with van der Waals surface area (Å²) in [7, 11) is -3.41. The standard InChI is InChI=1S/C11H18N4O2S/c16-18(17,11-5-7-13-14-11)15(10-3-4-10)8-9-2-1-6-12-9/h5,7,9-10,12H,1-4,6,8H2,(H,13,14). The van der Waals surface area contributed by atoms with Crippen LogP contribution in [-0.2, 0) is 10.0 Å². The molecule has 7 heteroatoms. The summed E-state index contributed by atoms with van der Waals surface area (Å²) in [4.78, 5) is 0. The molecule has 1 atom stereocenters. The van der Waals surface area contributed by atoms with Gasteiger partial charge >= 0.3 is 0 Å². The summed E-state index contributed by atoms with van der Waals surface area (Å²) in [6.45, 7) is 1.57. The van der Waals surface area contributed by atoms with Crippen LogP contribution in [0.15, 0.2) is 17.3 Å². The van der Waals surface area contributed by atoms with Crippen molar-refractivity contribution in [2.75, 3.05) is 13.1 Å². The van der Waals surface area contributed by atoms with Gasteiger partial charge in [-0.1, -0.05) is 0 Å². The van der Waals surface area contributed by atoms with Crippen LogP contribution in [0.5, 0.6) is 0 Å². The monoisotopic (exact) mass is 270 g/mol. The summed E-state index contributed by atoms with van der Waals surface area (Å²) in [6, 6.07) is 2.00. The smallest absolute Gasteiger partial charge is 0.260 e. The maximum absolute atomic E-state index is 12.5. The van der Waals surface area contributed by atoms with Gasteiger partial charge in [0, 0.05) is 18.6 Å². The maximum atomic E-state index is 12.5. The van der Waals surface area contributed by atoms with Crippen LogP contribution in [0.3, 0.4) is 0 Å². The van der Waals surface area contributed by atoms with Gasteiger partial charge in [0.2, 0.25) is 0 Å². The van der Waals surface area contributed by atoms with Crippen LogP contribution >= 0.6 is 0 Å². The minimum atomic E-state index is -3.41.